The van der Waals surface area contributed by atoms with E-state index in [-0.39, 0.29) is 12.3 Å². The molecule has 0 fully saturated rings. The lowest BCUT2D eigenvalue weighted by atomic mass is 9.93. The van der Waals surface area contributed by atoms with Gasteiger partial charge in [-0.1, -0.05) is 19.8 Å². The first kappa shape index (κ1) is 17.9. The summed E-state index contributed by atoms with van der Waals surface area (Å²) < 4.78 is 0. The summed E-state index contributed by atoms with van der Waals surface area (Å²) in [4.78, 5) is 22.7. The van der Waals surface area contributed by atoms with E-state index < -0.39 is 11.4 Å². The maximum atomic E-state index is 11.9. The summed E-state index contributed by atoms with van der Waals surface area (Å²) in [6.45, 7) is 6.41. The normalized spacial score (nSPS) is 13.1. The molecule has 0 aliphatic rings. The summed E-state index contributed by atoms with van der Waals surface area (Å²) in [5.74, 6) is 0.0849. The maximum absolute atomic E-state index is 11.9. The van der Waals surface area contributed by atoms with Crippen LogP contribution in [0.25, 0.3) is 0 Å². The lowest BCUT2D eigenvalue weighted by Crippen LogP contribution is -2.46. The Kier molecular flexibility index (Phi) is 8.39. The number of carbonyl (C=O) groups excluding carboxylic acids is 2. The first-order chi connectivity index (χ1) is 8.80. The van der Waals surface area contributed by atoms with Gasteiger partial charge in [-0.25, -0.2) is 0 Å². The molecule has 1 unspecified atom stereocenters. The minimum atomic E-state index is -0.572. The van der Waals surface area contributed by atoms with Crippen LogP contribution in [0.15, 0.2) is 0 Å². The Hall–Kier alpha value is -1.10. The van der Waals surface area contributed by atoms with Gasteiger partial charge in [0.2, 0.25) is 11.8 Å². The first-order valence-corrected chi connectivity index (χ1v) is 7.10. The van der Waals surface area contributed by atoms with Crippen molar-refractivity contribution in [3.05, 3.63) is 0 Å². The summed E-state index contributed by atoms with van der Waals surface area (Å²) >= 11 is 0. The van der Waals surface area contributed by atoms with Crippen molar-refractivity contribution in [2.24, 2.45) is 17.4 Å². The predicted molar refractivity (Wildman–Crippen MR) is 77.3 cm³/mol. The van der Waals surface area contributed by atoms with Crippen molar-refractivity contribution in [1.82, 2.24) is 5.32 Å². The van der Waals surface area contributed by atoms with Crippen LogP contribution in [-0.4, -0.2) is 23.9 Å². The van der Waals surface area contributed by atoms with E-state index in [1.54, 1.807) is 13.8 Å². The Morgan fingerprint density at radius 3 is 2.32 bits per heavy atom. The summed E-state index contributed by atoms with van der Waals surface area (Å²) in [6, 6.07) is 0. The fraction of sp³-hybridized carbons (Fsp3) is 0.857. The molecule has 112 valence electrons. The Balaban J connectivity index is 4.12. The monoisotopic (exact) mass is 271 g/mol. The largest absolute Gasteiger partial charge is 0.370 e. The quantitative estimate of drug-likeness (QED) is 0.558. The highest BCUT2D eigenvalue weighted by atomic mass is 16.2. The minimum Gasteiger partial charge on any atom is -0.370 e. The van der Waals surface area contributed by atoms with Gasteiger partial charge in [0.1, 0.15) is 0 Å². The van der Waals surface area contributed by atoms with Gasteiger partial charge >= 0.3 is 0 Å². The smallest absolute Gasteiger partial charge is 0.220 e. The third kappa shape index (κ3) is 9.47. The van der Waals surface area contributed by atoms with E-state index in [1.165, 1.54) is 0 Å². The summed E-state index contributed by atoms with van der Waals surface area (Å²) in [5.41, 5.74) is 10.1. The molecule has 2 amide bonds. The second kappa shape index (κ2) is 8.91. The zero-order chi connectivity index (χ0) is 14.9. The van der Waals surface area contributed by atoms with Crippen LogP contribution in [0.3, 0.4) is 0 Å². The number of nitrogens with two attached hydrogens (primary N) is 2. The highest BCUT2D eigenvalue weighted by molar-refractivity contribution is 5.79. The van der Waals surface area contributed by atoms with Crippen LogP contribution < -0.4 is 16.8 Å². The van der Waals surface area contributed by atoms with E-state index in [0.29, 0.717) is 18.9 Å². The Morgan fingerprint density at radius 2 is 1.84 bits per heavy atom. The van der Waals surface area contributed by atoms with Crippen molar-refractivity contribution in [3.8, 4) is 0 Å². The number of hydrogen-bond acceptors (Lipinski definition) is 3. The molecule has 0 heterocycles. The highest BCUT2D eigenvalue weighted by Gasteiger charge is 2.23. The number of nitrogens with one attached hydrogen (secondary N) is 1. The Bertz CT molecular complexity index is 284. The standard InChI is InChI=1S/C14H29N3O2/c1-4-5-11(8-9-15)6-7-13(19)17-14(2,3)10-12(16)18/h11H,4-10,15H2,1-3H3,(H2,16,18)(H,17,19). The van der Waals surface area contributed by atoms with Gasteiger partial charge < -0.3 is 16.8 Å². The van der Waals surface area contributed by atoms with Crippen LogP contribution in [-0.2, 0) is 9.59 Å². The van der Waals surface area contributed by atoms with Crippen molar-refractivity contribution in [2.75, 3.05) is 6.54 Å². The molecule has 5 nitrogen and oxygen atoms in total. The molecule has 0 aliphatic heterocycles. The van der Waals surface area contributed by atoms with E-state index in [0.717, 1.165) is 25.7 Å². The van der Waals surface area contributed by atoms with Crippen molar-refractivity contribution in [1.29, 1.82) is 0 Å². The molecule has 0 bridgehead atoms. The zero-order valence-electron chi connectivity index (χ0n) is 12.5. The lowest BCUT2D eigenvalue weighted by Gasteiger charge is -2.25. The molecule has 0 aromatic carbocycles. The molecule has 5 heteroatoms. The number of carbonyl (C=O) groups is 2. The molecule has 19 heavy (non-hydrogen) atoms. The zero-order valence-corrected chi connectivity index (χ0v) is 12.5. The Labute approximate surface area is 116 Å². The number of primary amides is 1. The molecule has 0 rings (SSSR count). The Morgan fingerprint density at radius 1 is 1.21 bits per heavy atom. The van der Waals surface area contributed by atoms with E-state index in [4.69, 9.17) is 11.5 Å². The molecule has 0 radical (unpaired) electrons. The molecule has 0 saturated carbocycles. The second-order valence-corrected chi connectivity index (χ2v) is 5.85. The maximum Gasteiger partial charge on any atom is 0.220 e. The number of hydrogen-bond donors (Lipinski definition) is 3. The summed E-state index contributed by atoms with van der Waals surface area (Å²) in [5, 5.41) is 2.86. The van der Waals surface area contributed by atoms with Crippen molar-refractivity contribution >= 4 is 11.8 Å². The first-order valence-electron chi connectivity index (χ1n) is 7.10. The van der Waals surface area contributed by atoms with E-state index in [1.807, 2.05) is 0 Å². The third-order valence-electron chi connectivity index (χ3n) is 3.15. The topological polar surface area (TPSA) is 98.2 Å². The molecule has 0 spiro atoms. The number of amides is 2. The fourth-order valence-electron chi connectivity index (χ4n) is 2.33. The SMILES string of the molecule is CCCC(CCN)CCC(=O)NC(C)(C)CC(N)=O. The molecule has 1 atom stereocenters. The van der Waals surface area contributed by atoms with E-state index in [9.17, 15) is 9.59 Å². The highest BCUT2D eigenvalue weighted by Crippen LogP contribution is 2.17. The molecule has 0 saturated heterocycles. The van der Waals surface area contributed by atoms with Crippen molar-refractivity contribution < 1.29 is 9.59 Å². The van der Waals surface area contributed by atoms with Crippen LogP contribution in [0.5, 0.6) is 0 Å². The van der Waals surface area contributed by atoms with Crippen molar-refractivity contribution in [3.63, 3.8) is 0 Å². The molecule has 5 N–H and O–H groups in total. The molecular formula is C14H29N3O2. The van der Waals surface area contributed by atoms with Gasteiger partial charge in [-0.15, -0.1) is 0 Å². The van der Waals surface area contributed by atoms with Crippen LogP contribution in [0.1, 0.15) is 59.3 Å². The lowest BCUT2D eigenvalue weighted by molar-refractivity contribution is -0.124. The van der Waals surface area contributed by atoms with E-state index >= 15 is 0 Å². The van der Waals surface area contributed by atoms with Gasteiger partial charge in [0.05, 0.1) is 0 Å². The molecule has 0 aromatic rings. The van der Waals surface area contributed by atoms with Crippen molar-refractivity contribution in [2.45, 2.75) is 64.8 Å². The number of rotatable bonds is 10. The van der Waals surface area contributed by atoms with Crippen LogP contribution in [0.4, 0.5) is 0 Å². The molecular weight excluding hydrogens is 242 g/mol. The van der Waals surface area contributed by atoms with E-state index in [2.05, 4.69) is 12.2 Å². The van der Waals surface area contributed by atoms with Crippen LogP contribution in [0.2, 0.25) is 0 Å². The average molecular weight is 271 g/mol. The molecule has 0 aliphatic carbocycles. The van der Waals surface area contributed by atoms with Gasteiger partial charge in [0.25, 0.3) is 0 Å². The van der Waals surface area contributed by atoms with Gasteiger partial charge in [-0.2, -0.15) is 0 Å². The molecule has 0 aromatic heterocycles. The third-order valence-corrected chi connectivity index (χ3v) is 3.15. The second-order valence-electron chi connectivity index (χ2n) is 5.85. The van der Waals surface area contributed by atoms with Gasteiger partial charge in [-0.3, -0.25) is 9.59 Å². The summed E-state index contributed by atoms with van der Waals surface area (Å²) in [7, 11) is 0. The average Bonchev–Trinajstić information content (AvgIpc) is 2.23. The fourth-order valence-corrected chi connectivity index (χ4v) is 2.33. The van der Waals surface area contributed by atoms with Gasteiger partial charge in [0.15, 0.2) is 0 Å². The van der Waals surface area contributed by atoms with Crippen LogP contribution in [0, 0.1) is 5.92 Å². The summed E-state index contributed by atoms with van der Waals surface area (Å²) in [6.07, 6.45) is 4.66. The van der Waals surface area contributed by atoms with Gasteiger partial charge in [0, 0.05) is 18.4 Å². The predicted octanol–water partition coefficient (Wildman–Crippen LogP) is 1.30. The van der Waals surface area contributed by atoms with Crippen LogP contribution >= 0.6 is 0 Å². The van der Waals surface area contributed by atoms with Gasteiger partial charge in [-0.05, 0) is 39.2 Å². The minimum absolute atomic E-state index is 0.0237.